The second-order valence-corrected chi connectivity index (χ2v) is 5.18. The maximum absolute atomic E-state index is 12.4. The quantitative estimate of drug-likeness (QED) is 0.240. The molecule has 136 valence electrons. The summed E-state index contributed by atoms with van der Waals surface area (Å²) in [6.45, 7) is 0.0480. The number of aliphatic hydroxyl groups excluding tert-OH is 1. The third-order valence-electron chi connectivity index (χ3n) is 3.30. The van der Waals surface area contributed by atoms with Gasteiger partial charge < -0.3 is 26.4 Å². The first kappa shape index (κ1) is 20.1. The summed E-state index contributed by atoms with van der Waals surface area (Å²) < 4.78 is 0. The highest BCUT2D eigenvalue weighted by atomic mass is 16.3. The topological polar surface area (TPSA) is 137 Å². The van der Waals surface area contributed by atoms with E-state index in [9.17, 15) is 19.2 Å². The molecular weight excluding hydrogens is 328 g/mol. The van der Waals surface area contributed by atoms with Crippen LogP contribution in [0.15, 0.2) is 24.3 Å². The van der Waals surface area contributed by atoms with Gasteiger partial charge in [-0.2, -0.15) is 0 Å². The Labute approximate surface area is 145 Å². The molecule has 1 rings (SSSR count). The second kappa shape index (κ2) is 11.6. The van der Waals surface area contributed by atoms with Gasteiger partial charge in [0.05, 0.1) is 13.2 Å². The molecule has 0 aliphatic rings. The zero-order chi connectivity index (χ0) is 18.5. The first-order valence-corrected chi connectivity index (χ1v) is 7.74. The summed E-state index contributed by atoms with van der Waals surface area (Å²) in [5.41, 5.74) is 1.24. The third kappa shape index (κ3) is 7.93. The largest absolute Gasteiger partial charge is 0.392 e. The second-order valence-electron chi connectivity index (χ2n) is 5.18. The maximum Gasteiger partial charge on any atom is 0.246 e. The van der Waals surface area contributed by atoms with E-state index in [0.29, 0.717) is 43.5 Å². The minimum Gasteiger partial charge on any atom is -0.392 e. The lowest BCUT2D eigenvalue weighted by Gasteiger charge is -2.18. The lowest BCUT2D eigenvalue weighted by molar-refractivity contribution is -0.126. The minimum absolute atomic E-state index is 0.0969. The zero-order valence-corrected chi connectivity index (χ0v) is 13.7. The van der Waals surface area contributed by atoms with Crippen molar-refractivity contribution in [2.75, 3.05) is 18.4 Å². The van der Waals surface area contributed by atoms with Crippen LogP contribution >= 0.6 is 0 Å². The number of carbonyl (C=O) groups excluding carboxylic acids is 4. The average Bonchev–Trinajstić information content (AvgIpc) is 2.63. The lowest BCUT2D eigenvalue weighted by atomic mass is 10.1. The van der Waals surface area contributed by atoms with Gasteiger partial charge in [-0.1, -0.05) is 12.1 Å². The fourth-order valence-electron chi connectivity index (χ4n) is 2.04. The fraction of sp³-hybridized carbons (Fsp3) is 0.375. The summed E-state index contributed by atoms with van der Waals surface area (Å²) in [7, 11) is 0. The Morgan fingerprint density at radius 2 is 1.76 bits per heavy atom. The Morgan fingerprint density at radius 1 is 1.08 bits per heavy atom. The van der Waals surface area contributed by atoms with Gasteiger partial charge >= 0.3 is 0 Å². The normalized spacial score (nSPS) is 11.1. The molecule has 0 spiro atoms. The van der Waals surface area contributed by atoms with E-state index in [1.165, 1.54) is 0 Å². The van der Waals surface area contributed by atoms with Crippen molar-refractivity contribution in [3.05, 3.63) is 29.8 Å². The lowest BCUT2D eigenvalue weighted by Crippen LogP contribution is -2.46. The van der Waals surface area contributed by atoms with Gasteiger partial charge in [-0.15, -0.1) is 0 Å². The van der Waals surface area contributed by atoms with Crippen LogP contribution in [-0.4, -0.2) is 48.9 Å². The SMILES string of the molecule is O=CNCCCC(NC(=O)CNC=O)C(=O)Nc1ccc(CO)cc1. The van der Waals surface area contributed by atoms with Crippen LogP contribution in [0.25, 0.3) is 0 Å². The third-order valence-corrected chi connectivity index (χ3v) is 3.30. The summed E-state index contributed by atoms with van der Waals surface area (Å²) in [6, 6.07) is 5.82. The van der Waals surface area contributed by atoms with Crippen molar-refractivity contribution in [1.82, 2.24) is 16.0 Å². The van der Waals surface area contributed by atoms with Crippen molar-refractivity contribution in [1.29, 1.82) is 0 Å². The molecule has 9 heteroatoms. The van der Waals surface area contributed by atoms with Gasteiger partial charge in [0.2, 0.25) is 24.6 Å². The van der Waals surface area contributed by atoms with Gasteiger partial charge in [-0.3, -0.25) is 19.2 Å². The van der Waals surface area contributed by atoms with E-state index in [0.717, 1.165) is 0 Å². The van der Waals surface area contributed by atoms with Crippen molar-refractivity contribution in [2.24, 2.45) is 0 Å². The number of carbonyl (C=O) groups is 4. The molecule has 1 aromatic carbocycles. The molecule has 0 heterocycles. The standard InChI is InChI=1S/C16H22N4O5/c21-9-12-3-5-13(6-4-12)19-16(25)14(2-1-7-17-10-22)20-15(24)8-18-11-23/h3-6,10-11,14,21H,1-2,7-9H2,(H,17,22)(H,18,23)(H,19,25)(H,20,24). The van der Waals surface area contributed by atoms with Crippen molar-refractivity contribution in [3.8, 4) is 0 Å². The first-order chi connectivity index (χ1) is 12.1. The van der Waals surface area contributed by atoms with Crippen LogP contribution in [0.1, 0.15) is 18.4 Å². The molecule has 0 aliphatic heterocycles. The number of amides is 4. The highest BCUT2D eigenvalue weighted by Crippen LogP contribution is 2.11. The van der Waals surface area contributed by atoms with Gasteiger partial charge in [0, 0.05) is 12.2 Å². The predicted octanol–water partition coefficient (Wildman–Crippen LogP) is -1.13. The fourth-order valence-corrected chi connectivity index (χ4v) is 2.04. The number of nitrogens with one attached hydrogen (secondary N) is 4. The molecule has 0 radical (unpaired) electrons. The number of hydrogen-bond acceptors (Lipinski definition) is 5. The number of benzene rings is 1. The van der Waals surface area contributed by atoms with E-state index < -0.39 is 17.9 Å². The first-order valence-electron chi connectivity index (χ1n) is 7.74. The molecule has 25 heavy (non-hydrogen) atoms. The van der Waals surface area contributed by atoms with Crippen LogP contribution in [0, 0.1) is 0 Å². The van der Waals surface area contributed by atoms with Gasteiger partial charge in [-0.25, -0.2) is 0 Å². The average molecular weight is 350 g/mol. The molecule has 0 saturated heterocycles. The van der Waals surface area contributed by atoms with Crippen LogP contribution in [-0.2, 0) is 25.8 Å². The summed E-state index contributed by atoms with van der Waals surface area (Å²) in [6.07, 6.45) is 1.76. The summed E-state index contributed by atoms with van der Waals surface area (Å²) >= 11 is 0. The highest BCUT2D eigenvalue weighted by molar-refractivity contribution is 5.97. The zero-order valence-electron chi connectivity index (χ0n) is 13.7. The Bertz CT molecular complexity index is 576. The summed E-state index contributed by atoms with van der Waals surface area (Å²) in [5, 5.41) is 18.9. The van der Waals surface area contributed by atoms with E-state index >= 15 is 0 Å². The molecule has 1 unspecified atom stereocenters. The van der Waals surface area contributed by atoms with E-state index in [1.807, 2.05) is 0 Å². The minimum atomic E-state index is -0.813. The van der Waals surface area contributed by atoms with Crippen LogP contribution < -0.4 is 21.3 Å². The smallest absolute Gasteiger partial charge is 0.246 e. The molecule has 0 fully saturated rings. The van der Waals surface area contributed by atoms with Gasteiger partial charge in [0.15, 0.2) is 0 Å². The molecular formula is C16H22N4O5. The molecule has 4 amide bonds. The van der Waals surface area contributed by atoms with E-state index in [4.69, 9.17) is 5.11 Å². The molecule has 0 aliphatic carbocycles. The Balaban J connectivity index is 2.66. The number of aliphatic hydroxyl groups is 1. The van der Waals surface area contributed by atoms with Crippen LogP contribution in [0.5, 0.6) is 0 Å². The number of anilines is 1. The Kier molecular flexibility index (Phi) is 9.31. The molecule has 0 aromatic heterocycles. The number of rotatable bonds is 12. The predicted molar refractivity (Wildman–Crippen MR) is 90.3 cm³/mol. The molecule has 1 atom stereocenters. The van der Waals surface area contributed by atoms with E-state index in [1.54, 1.807) is 24.3 Å². The monoisotopic (exact) mass is 350 g/mol. The summed E-state index contributed by atoms with van der Waals surface area (Å²) in [5.74, 6) is -0.909. The van der Waals surface area contributed by atoms with Gasteiger partial charge in [0.1, 0.15) is 6.04 Å². The van der Waals surface area contributed by atoms with Crippen LogP contribution in [0.4, 0.5) is 5.69 Å². The number of hydrogen-bond donors (Lipinski definition) is 5. The molecule has 1 aromatic rings. The molecule has 0 saturated carbocycles. The summed E-state index contributed by atoms with van der Waals surface area (Å²) in [4.78, 5) is 44.6. The van der Waals surface area contributed by atoms with Crippen LogP contribution in [0.2, 0.25) is 0 Å². The van der Waals surface area contributed by atoms with Gasteiger partial charge in [0.25, 0.3) is 0 Å². The van der Waals surface area contributed by atoms with E-state index in [2.05, 4.69) is 21.3 Å². The van der Waals surface area contributed by atoms with Crippen molar-refractivity contribution in [3.63, 3.8) is 0 Å². The molecule has 0 bridgehead atoms. The molecule has 9 nitrogen and oxygen atoms in total. The maximum atomic E-state index is 12.4. The highest BCUT2D eigenvalue weighted by Gasteiger charge is 2.20. The van der Waals surface area contributed by atoms with Gasteiger partial charge in [-0.05, 0) is 30.5 Å². The van der Waals surface area contributed by atoms with Crippen LogP contribution in [0.3, 0.4) is 0 Å². The Morgan fingerprint density at radius 3 is 2.36 bits per heavy atom. The molecule has 5 N–H and O–H groups in total. The van der Waals surface area contributed by atoms with Crippen molar-refractivity contribution >= 4 is 30.3 Å². The van der Waals surface area contributed by atoms with Crippen molar-refractivity contribution < 1.29 is 24.3 Å². The van der Waals surface area contributed by atoms with Crippen molar-refractivity contribution in [2.45, 2.75) is 25.5 Å². The van der Waals surface area contributed by atoms with E-state index in [-0.39, 0.29) is 13.2 Å². The Hall–Kier alpha value is -2.94.